The molecule has 1 aromatic heterocycles. The summed E-state index contributed by atoms with van der Waals surface area (Å²) in [5, 5.41) is 6.47. The normalized spacial score (nSPS) is 24.8. The summed E-state index contributed by atoms with van der Waals surface area (Å²) in [5.41, 5.74) is 0.726. The van der Waals surface area contributed by atoms with E-state index in [4.69, 9.17) is 14.0 Å². The number of benzene rings is 2. The fraction of sp³-hybridized carbons (Fsp3) is 0.346. The van der Waals surface area contributed by atoms with Gasteiger partial charge in [0.25, 0.3) is 0 Å². The van der Waals surface area contributed by atoms with Crippen LogP contribution in [0.5, 0.6) is 0 Å². The molecule has 4 amide bonds. The van der Waals surface area contributed by atoms with Crippen LogP contribution in [0.1, 0.15) is 18.7 Å². The number of nitrogens with one attached hydrogen (secondary N) is 1. The molecule has 4 unspecified atom stereocenters. The number of halogens is 1. The molecule has 38 heavy (non-hydrogen) atoms. The van der Waals surface area contributed by atoms with Crippen LogP contribution in [0.25, 0.3) is 11.4 Å². The highest BCUT2D eigenvalue weighted by molar-refractivity contribution is 6.01. The van der Waals surface area contributed by atoms with Gasteiger partial charge in [-0.25, -0.2) is 9.18 Å². The fourth-order valence-corrected chi connectivity index (χ4v) is 5.28. The fourth-order valence-electron chi connectivity index (χ4n) is 5.28. The molecule has 1 saturated carbocycles. The molecule has 1 aliphatic carbocycles. The Hall–Kier alpha value is -4.16. The van der Waals surface area contributed by atoms with Gasteiger partial charge in [-0.05, 0) is 25.0 Å². The highest BCUT2D eigenvalue weighted by atomic mass is 19.1. The lowest BCUT2D eigenvalue weighted by Crippen LogP contribution is -2.65. The van der Waals surface area contributed by atoms with Crippen molar-refractivity contribution < 1.29 is 32.8 Å². The van der Waals surface area contributed by atoms with E-state index in [9.17, 15) is 18.8 Å². The van der Waals surface area contributed by atoms with Crippen LogP contribution in [-0.2, 0) is 25.6 Å². The highest BCUT2D eigenvalue weighted by Crippen LogP contribution is 2.39. The van der Waals surface area contributed by atoms with E-state index in [1.165, 1.54) is 23.1 Å². The first-order chi connectivity index (χ1) is 18.5. The molecule has 11 nitrogen and oxygen atoms in total. The lowest BCUT2D eigenvalue weighted by molar-refractivity contribution is -0.145. The van der Waals surface area contributed by atoms with Gasteiger partial charge in [-0.3, -0.25) is 14.5 Å². The molecule has 6 rings (SSSR count). The van der Waals surface area contributed by atoms with Crippen LogP contribution < -0.4 is 5.32 Å². The zero-order valence-electron chi connectivity index (χ0n) is 20.2. The summed E-state index contributed by atoms with van der Waals surface area (Å²) in [4.78, 5) is 46.8. The van der Waals surface area contributed by atoms with Crippen LogP contribution in [0.4, 0.5) is 14.9 Å². The highest BCUT2D eigenvalue weighted by Gasteiger charge is 2.53. The number of para-hydroxylation sites is 1. The average Bonchev–Trinajstić information content (AvgIpc) is 3.59. The number of fused-ring (bicyclic) bond motifs is 2. The molecule has 1 N–H and O–H groups in total. The van der Waals surface area contributed by atoms with Crippen molar-refractivity contribution >= 4 is 23.5 Å². The van der Waals surface area contributed by atoms with Crippen LogP contribution >= 0.6 is 0 Å². The number of amides is 4. The maximum atomic E-state index is 14.1. The molecular formula is C26H24FN5O6. The van der Waals surface area contributed by atoms with Gasteiger partial charge in [-0.1, -0.05) is 47.6 Å². The van der Waals surface area contributed by atoms with Gasteiger partial charge >= 0.3 is 6.03 Å². The maximum absolute atomic E-state index is 14.1. The first-order valence-corrected chi connectivity index (χ1v) is 12.3. The van der Waals surface area contributed by atoms with Crippen LogP contribution in [0.15, 0.2) is 59.1 Å². The first kappa shape index (κ1) is 24.2. The Morgan fingerprint density at radius 1 is 1.03 bits per heavy atom. The van der Waals surface area contributed by atoms with Crippen LogP contribution in [-0.4, -0.2) is 69.4 Å². The molecule has 2 aliphatic heterocycles. The molecule has 12 heteroatoms. The molecule has 0 spiro atoms. The number of urea groups is 1. The van der Waals surface area contributed by atoms with Crippen LogP contribution in [0, 0.1) is 11.7 Å². The van der Waals surface area contributed by atoms with Gasteiger partial charge in [-0.15, -0.1) is 0 Å². The molecule has 2 aromatic carbocycles. The predicted molar refractivity (Wildman–Crippen MR) is 129 cm³/mol. The molecule has 3 fully saturated rings. The van der Waals surface area contributed by atoms with Crippen molar-refractivity contribution in [3.63, 3.8) is 0 Å². The van der Waals surface area contributed by atoms with Crippen molar-refractivity contribution in [2.75, 3.05) is 18.7 Å². The SMILES string of the molecule is O=C(CN1C(=O)N(Cc2nc(-c3ccccc3)no2)C(=O)C2CC3OCOC3CC21)Nc1ccccc1F. The third-order valence-corrected chi connectivity index (χ3v) is 7.12. The lowest BCUT2D eigenvalue weighted by Gasteiger charge is -2.48. The second-order valence-corrected chi connectivity index (χ2v) is 9.41. The number of nitrogens with zero attached hydrogens (tertiary/aromatic N) is 4. The van der Waals surface area contributed by atoms with Crippen molar-refractivity contribution in [3.8, 4) is 11.4 Å². The summed E-state index contributed by atoms with van der Waals surface area (Å²) >= 11 is 0. The summed E-state index contributed by atoms with van der Waals surface area (Å²) in [6.07, 6.45) is 0.108. The van der Waals surface area contributed by atoms with E-state index in [1.807, 2.05) is 30.3 Å². The van der Waals surface area contributed by atoms with Crippen molar-refractivity contribution in [1.82, 2.24) is 19.9 Å². The maximum Gasteiger partial charge on any atom is 0.327 e. The summed E-state index contributed by atoms with van der Waals surface area (Å²) < 4.78 is 30.7. The topological polar surface area (TPSA) is 127 Å². The average molecular weight is 522 g/mol. The molecule has 196 valence electrons. The molecule has 3 heterocycles. The molecule has 3 aliphatic rings. The Bertz CT molecular complexity index is 1370. The summed E-state index contributed by atoms with van der Waals surface area (Å²) in [7, 11) is 0. The zero-order valence-corrected chi connectivity index (χ0v) is 20.2. The Morgan fingerprint density at radius 3 is 2.55 bits per heavy atom. The van der Waals surface area contributed by atoms with E-state index >= 15 is 0 Å². The van der Waals surface area contributed by atoms with E-state index in [1.54, 1.807) is 6.07 Å². The molecule has 0 radical (unpaired) electrons. The van der Waals surface area contributed by atoms with Crippen molar-refractivity contribution in [2.24, 2.45) is 5.92 Å². The monoisotopic (exact) mass is 521 g/mol. The van der Waals surface area contributed by atoms with E-state index < -0.39 is 35.6 Å². The largest absolute Gasteiger partial charge is 0.349 e. The second-order valence-electron chi connectivity index (χ2n) is 9.41. The number of rotatable bonds is 6. The van der Waals surface area contributed by atoms with Gasteiger partial charge in [0.05, 0.1) is 23.8 Å². The number of carbonyl (C=O) groups is 3. The number of imide groups is 1. The van der Waals surface area contributed by atoms with Gasteiger partial charge in [-0.2, -0.15) is 4.98 Å². The minimum Gasteiger partial charge on any atom is -0.349 e. The predicted octanol–water partition coefficient (Wildman–Crippen LogP) is 2.80. The Labute approximate surface area is 216 Å². The van der Waals surface area contributed by atoms with E-state index in [2.05, 4.69) is 15.5 Å². The smallest absolute Gasteiger partial charge is 0.327 e. The van der Waals surface area contributed by atoms with Gasteiger partial charge in [0, 0.05) is 11.6 Å². The number of hydrogen-bond donors (Lipinski definition) is 1. The Kier molecular flexibility index (Phi) is 6.34. The van der Waals surface area contributed by atoms with Gasteiger partial charge < -0.3 is 24.2 Å². The first-order valence-electron chi connectivity index (χ1n) is 12.3. The van der Waals surface area contributed by atoms with Crippen molar-refractivity contribution in [3.05, 3.63) is 66.3 Å². The number of carbonyl (C=O) groups excluding carboxylic acids is 3. The minimum absolute atomic E-state index is 0.00183. The molecule has 4 atom stereocenters. The third-order valence-electron chi connectivity index (χ3n) is 7.12. The van der Waals surface area contributed by atoms with Gasteiger partial charge in [0.1, 0.15) is 25.7 Å². The molecular weight excluding hydrogens is 497 g/mol. The van der Waals surface area contributed by atoms with Crippen LogP contribution in [0.2, 0.25) is 0 Å². The number of hydrogen-bond acceptors (Lipinski definition) is 8. The molecule has 3 aromatic rings. The van der Waals surface area contributed by atoms with E-state index in [0.717, 1.165) is 10.5 Å². The van der Waals surface area contributed by atoms with E-state index in [-0.39, 0.29) is 43.7 Å². The van der Waals surface area contributed by atoms with Crippen LogP contribution in [0.3, 0.4) is 0 Å². The Balaban J connectivity index is 1.25. The molecule has 0 bridgehead atoms. The Morgan fingerprint density at radius 2 is 1.76 bits per heavy atom. The lowest BCUT2D eigenvalue weighted by atomic mass is 9.78. The van der Waals surface area contributed by atoms with Gasteiger partial charge in [0.2, 0.25) is 23.5 Å². The summed E-state index contributed by atoms with van der Waals surface area (Å²) in [6, 6.07) is 13.7. The summed E-state index contributed by atoms with van der Waals surface area (Å²) in [6.45, 7) is -0.522. The zero-order chi connectivity index (χ0) is 26.2. The third kappa shape index (κ3) is 4.52. The van der Waals surface area contributed by atoms with Gasteiger partial charge in [0.15, 0.2) is 0 Å². The van der Waals surface area contributed by atoms with Crippen molar-refractivity contribution in [1.29, 1.82) is 0 Å². The molecule has 2 saturated heterocycles. The van der Waals surface area contributed by atoms with Crippen molar-refractivity contribution in [2.45, 2.75) is 37.6 Å². The standard InChI is InChI=1S/C26H24FN5O6/c27-17-8-4-5-9-18(17)28-22(33)12-31-19-11-21-20(36-14-37-21)10-16(19)25(34)32(26(31)35)13-23-29-24(30-38-23)15-6-2-1-3-7-15/h1-9,16,19-21H,10-14H2,(H,28,33). The number of aromatic nitrogens is 2. The number of anilines is 1. The van der Waals surface area contributed by atoms with E-state index in [0.29, 0.717) is 18.7 Å². The minimum atomic E-state index is -0.670. The second kappa shape index (κ2) is 9.95. The summed E-state index contributed by atoms with van der Waals surface area (Å²) in [5.74, 6) is -1.80. The number of ether oxygens (including phenoxy) is 2. The quantitative estimate of drug-likeness (QED) is 0.525.